The Bertz CT molecular complexity index is 1320. The van der Waals surface area contributed by atoms with E-state index in [1.54, 1.807) is 24.3 Å². The summed E-state index contributed by atoms with van der Waals surface area (Å²) in [5.41, 5.74) is 1.03. The molecule has 38 heavy (non-hydrogen) atoms. The van der Waals surface area contributed by atoms with E-state index >= 15 is 0 Å². The molecule has 2 amide bonds. The summed E-state index contributed by atoms with van der Waals surface area (Å²) in [5, 5.41) is 5.26. The fourth-order valence-corrected chi connectivity index (χ4v) is 4.25. The second kappa shape index (κ2) is 11.8. The molecule has 0 saturated carbocycles. The summed E-state index contributed by atoms with van der Waals surface area (Å²) in [6, 6.07) is 9.98. The first-order valence-electron chi connectivity index (χ1n) is 11.8. The number of nitrogens with one attached hydrogen (secondary N) is 2. The van der Waals surface area contributed by atoms with E-state index in [1.165, 1.54) is 6.07 Å². The molecule has 0 radical (unpaired) electrons. The van der Waals surface area contributed by atoms with Gasteiger partial charge in [0.15, 0.2) is 17.9 Å². The standard InChI is InChI=1S/C26H24ClF3N4O4/c27-20-14-17(28)3-6-19(20)21(35)13-16-1-4-18(5-2-16)33-25(37)23-22(32-15-38-23)24(36)31-9-12-34-10-7-26(29,30)8-11-34/h1-6,14-15H,7-13H2,(H,31,36)(H,33,37). The largest absolute Gasteiger partial charge is 0.437 e. The van der Waals surface area contributed by atoms with Crippen LogP contribution < -0.4 is 10.6 Å². The van der Waals surface area contributed by atoms with E-state index < -0.39 is 23.6 Å². The molecule has 0 spiro atoms. The zero-order valence-electron chi connectivity index (χ0n) is 20.1. The van der Waals surface area contributed by atoms with Gasteiger partial charge in [0.25, 0.3) is 17.7 Å². The number of carbonyl (C=O) groups excluding carboxylic acids is 3. The van der Waals surface area contributed by atoms with E-state index in [0.717, 1.165) is 18.5 Å². The Hall–Kier alpha value is -3.70. The normalized spacial score (nSPS) is 15.2. The molecule has 1 aromatic heterocycles. The van der Waals surface area contributed by atoms with Crippen molar-refractivity contribution in [2.24, 2.45) is 0 Å². The van der Waals surface area contributed by atoms with Crippen molar-refractivity contribution >= 4 is 34.9 Å². The number of ketones is 1. The topological polar surface area (TPSA) is 105 Å². The van der Waals surface area contributed by atoms with Crippen LogP contribution in [0.1, 0.15) is 49.8 Å². The SMILES string of the molecule is O=C(Cc1ccc(NC(=O)c2ocnc2C(=O)NCCN2CCC(F)(F)CC2)cc1)c1ccc(F)cc1Cl. The predicted octanol–water partition coefficient (Wildman–Crippen LogP) is 4.61. The van der Waals surface area contributed by atoms with Gasteiger partial charge in [0.05, 0.1) is 5.02 Å². The van der Waals surface area contributed by atoms with Gasteiger partial charge in [-0.2, -0.15) is 0 Å². The lowest BCUT2D eigenvalue weighted by Gasteiger charge is -2.31. The van der Waals surface area contributed by atoms with Crippen molar-refractivity contribution in [1.82, 2.24) is 15.2 Å². The van der Waals surface area contributed by atoms with Crippen LogP contribution in [0.2, 0.25) is 5.02 Å². The Morgan fingerprint density at radius 2 is 1.76 bits per heavy atom. The molecule has 3 aromatic rings. The molecule has 1 aliphatic rings. The number of likely N-dealkylation sites (tertiary alicyclic amines) is 1. The molecule has 1 aliphatic heterocycles. The highest BCUT2D eigenvalue weighted by molar-refractivity contribution is 6.34. The Morgan fingerprint density at radius 3 is 2.45 bits per heavy atom. The molecule has 200 valence electrons. The van der Waals surface area contributed by atoms with Crippen LogP contribution >= 0.6 is 11.6 Å². The van der Waals surface area contributed by atoms with Gasteiger partial charge >= 0.3 is 0 Å². The molecular formula is C26H24ClF3N4O4. The van der Waals surface area contributed by atoms with Crippen LogP contribution in [0.25, 0.3) is 0 Å². The predicted molar refractivity (Wildman–Crippen MR) is 133 cm³/mol. The number of hydrogen-bond donors (Lipinski definition) is 2. The highest BCUT2D eigenvalue weighted by Gasteiger charge is 2.33. The Labute approximate surface area is 221 Å². The van der Waals surface area contributed by atoms with Gasteiger partial charge in [0, 0.05) is 56.7 Å². The van der Waals surface area contributed by atoms with E-state index in [-0.39, 0.29) is 66.7 Å². The van der Waals surface area contributed by atoms with Crippen molar-refractivity contribution in [1.29, 1.82) is 0 Å². The number of aromatic nitrogens is 1. The number of anilines is 1. The highest BCUT2D eigenvalue weighted by Crippen LogP contribution is 2.27. The summed E-state index contributed by atoms with van der Waals surface area (Å²) in [5.74, 6) is -5.08. The van der Waals surface area contributed by atoms with Gasteiger partial charge in [-0.25, -0.2) is 18.2 Å². The van der Waals surface area contributed by atoms with Gasteiger partial charge in [-0.05, 0) is 35.9 Å². The highest BCUT2D eigenvalue weighted by atomic mass is 35.5. The fourth-order valence-electron chi connectivity index (χ4n) is 3.97. The van der Waals surface area contributed by atoms with Crippen LogP contribution in [0.15, 0.2) is 53.3 Å². The van der Waals surface area contributed by atoms with Gasteiger partial charge in [-0.1, -0.05) is 23.7 Å². The second-order valence-electron chi connectivity index (χ2n) is 8.86. The lowest BCUT2D eigenvalue weighted by Crippen LogP contribution is -2.43. The van der Waals surface area contributed by atoms with E-state index in [0.29, 0.717) is 17.8 Å². The van der Waals surface area contributed by atoms with Crippen LogP contribution in [0.3, 0.4) is 0 Å². The van der Waals surface area contributed by atoms with Crippen LogP contribution in [0.5, 0.6) is 0 Å². The number of halogens is 4. The zero-order chi connectivity index (χ0) is 27.3. The van der Waals surface area contributed by atoms with Crippen molar-refractivity contribution in [3.05, 3.63) is 82.3 Å². The minimum atomic E-state index is -2.64. The second-order valence-corrected chi connectivity index (χ2v) is 9.27. The third-order valence-electron chi connectivity index (χ3n) is 6.10. The Balaban J connectivity index is 1.29. The molecule has 0 bridgehead atoms. The number of carbonyl (C=O) groups is 3. The smallest absolute Gasteiger partial charge is 0.293 e. The van der Waals surface area contributed by atoms with Crippen LogP contribution in [0.4, 0.5) is 18.9 Å². The third kappa shape index (κ3) is 6.99. The van der Waals surface area contributed by atoms with Crippen molar-refractivity contribution in [3.63, 3.8) is 0 Å². The number of oxazole rings is 1. The maximum atomic E-state index is 13.3. The average Bonchev–Trinajstić information content (AvgIpc) is 3.36. The monoisotopic (exact) mass is 548 g/mol. The molecule has 0 aliphatic carbocycles. The van der Waals surface area contributed by atoms with Gasteiger partial charge in [-0.15, -0.1) is 0 Å². The van der Waals surface area contributed by atoms with Gasteiger partial charge in [-0.3, -0.25) is 14.4 Å². The minimum Gasteiger partial charge on any atom is -0.437 e. The van der Waals surface area contributed by atoms with E-state index in [9.17, 15) is 27.6 Å². The number of benzene rings is 2. The Morgan fingerprint density at radius 1 is 1.05 bits per heavy atom. The number of Topliss-reactive ketones (excluding diaryl/α,β-unsaturated/α-hetero) is 1. The minimum absolute atomic E-state index is 0.0197. The lowest BCUT2D eigenvalue weighted by atomic mass is 10.0. The summed E-state index contributed by atoms with van der Waals surface area (Å²) < 4.78 is 44.9. The molecule has 2 heterocycles. The first-order valence-corrected chi connectivity index (χ1v) is 12.2. The zero-order valence-corrected chi connectivity index (χ0v) is 20.9. The van der Waals surface area contributed by atoms with Crippen molar-refractivity contribution in [2.45, 2.75) is 25.2 Å². The first-order chi connectivity index (χ1) is 18.1. The summed E-state index contributed by atoms with van der Waals surface area (Å²) in [6.45, 7) is 1.08. The van der Waals surface area contributed by atoms with Crippen LogP contribution in [-0.2, 0) is 6.42 Å². The van der Waals surface area contributed by atoms with E-state index in [4.69, 9.17) is 16.0 Å². The lowest BCUT2D eigenvalue weighted by molar-refractivity contribution is -0.0547. The van der Waals surface area contributed by atoms with Gasteiger partial charge in [0.2, 0.25) is 5.76 Å². The van der Waals surface area contributed by atoms with Crippen LogP contribution in [-0.4, -0.2) is 59.6 Å². The summed E-state index contributed by atoms with van der Waals surface area (Å²) in [4.78, 5) is 43.4. The number of nitrogens with zero attached hydrogens (tertiary/aromatic N) is 2. The third-order valence-corrected chi connectivity index (χ3v) is 6.41. The molecule has 12 heteroatoms. The summed E-state index contributed by atoms with van der Waals surface area (Å²) in [6.07, 6.45) is 0.570. The number of alkyl halides is 2. The van der Waals surface area contributed by atoms with Gasteiger partial charge < -0.3 is 20.0 Å². The van der Waals surface area contributed by atoms with E-state index in [1.807, 2.05) is 4.90 Å². The average molecular weight is 549 g/mol. The van der Waals surface area contributed by atoms with Crippen molar-refractivity contribution in [2.75, 3.05) is 31.5 Å². The maximum Gasteiger partial charge on any atom is 0.293 e. The number of piperidine rings is 1. The Kier molecular flexibility index (Phi) is 8.48. The molecule has 1 fully saturated rings. The van der Waals surface area contributed by atoms with Crippen LogP contribution in [0, 0.1) is 5.82 Å². The summed E-state index contributed by atoms with van der Waals surface area (Å²) in [7, 11) is 0. The molecule has 0 unspecified atom stereocenters. The summed E-state index contributed by atoms with van der Waals surface area (Å²) >= 11 is 5.95. The molecule has 4 rings (SSSR count). The maximum absolute atomic E-state index is 13.3. The van der Waals surface area contributed by atoms with Gasteiger partial charge in [0.1, 0.15) is 5.82 Å². The number of amides is 2. The first kappa shape index (κ1) is 27.3. The number of rotatable bonds is 9. The van der Waals surface area contributed by atoms with Crippen molar-refractivity contribution < 1.29 is 32.0 Å². The van der Waals surface area contributed by atoms with Crippen molar-refractivity contribution in [3.8, 4) is 0 Å². The number of hydrogen-bond acceptors (Lipinski definition) is 6. The quantitative estimate of drug-likeness (QED) is 0.379. The molecular weight excluding hydrogens is 525 g/mol. The molecule has 2 aromatic carbocycles. The van der Waals surface area contributed by atoms with E-state index in [2.05, 4.69) is 15.6 Å². The molecule has 2 N–H and O–H groups in total. The molecule has 0 atom stereocenters. The fraction of sp³-hybridized carbons (Fsp3) is 0.308. The molecule has 8 nitrogen and oxygen atoms in total. The molecule has 1 saturated heterocycles.